The average Bonchev–Trinajstić information content (AvgIpc) is 2.89. The summed E-state index contributed by atoms with van der Waals surface area (Å²) in [7, 11) is 0. The molecule has 1 fully saturated rings. The van der Waals surface area contributed by atoms with Crippen molar-refractivity contribution in [3.63, 3.8) is 0 Å². The molecule has 1 aliphatic carbocycles. The Morgan fingerprint density at radius 1 is 1.50 bits per heavy atom. The molecule has 0 aromatic rings. The summed E-state index contributed by atoms with van der Waals surface area (Å²) in [5.41, 5.74) is 5.79. The van der Waals surface area contributed by atoms with Crippen molar-refractivity contribution in [3.8, 4) is 12.3 Å². The van der Waals surface area contributed by atoms with Crippen LogP contribution in [0.5, 0.6) is 0 Å². The summed E-state index contributed by atoms with van der Waals surface area (Å²) in [6.07, 6.45) is 8.13. The van der Waals surface area contributed by atoms with Crippen molar-refractivity contribution in [2.24, 2.45) is 17.6 Å². The maximum absolute atomic E-state index is 5.79. The second-order valence-corrected chi connectivity index (χ2v) is 4.62. The van der Waals surface area contributed by atoms with Crippen LogP contribution in [0.25, 0.3) is 0 Å². The summed E-state index contributed by atoms with van der Waals surface area (Å²) in [5, 5.41) is 0. The lowest BCUT2D eigenvalue weighted by Crippen LogP contribution is -2.45. The van der Waals surface area contributed by atoms with Crippen molar-refractivity contribution in [2.75, 3.05) is 19.6 Å². The summed E-state index contributed by atoms with van der Waals surface area (Å²) in [5.74, 6) is 4.22. The van der Waals surface area contributed by atoms with Gasteiger partial charge in [0.25, 0.3) is 0 Å². The summed E-state index contributed by atoms with van der Waals surface area (Å²) in [4.78, 5) is 2.38. The highest BCUT2D eigenvalue weighted by Crippen LogP contribution is 2.30. The first-order valence-corrected chi connectivity index (χ1v) is 5.56. The van der Waals surface area contributed by atoms with E-state index in [4.69, 9.17) is 12.2 Å². The summed E-state index contributed by atoms with van der Waals surface area (Å²) in [6, 6.07) is 0.451. The van der Waals surface area contributed by atoms with Crippen molar-refractivity contribution >= 4 is 0 Å². The molecular weight excluding hydrogens is 172 g/mol. The van der Waals surface area contributed by atoms with Gasteiger partial charge >= 0.3 is 0 Å². The number of nitrogens with zero attached hydrogens (tertiary/aromatic N) is 1. The van der Waals surface area contributed by atoms with Crippen molar-refractivity contribution in [3.05, 3.63) is 0 Å². The van der Waals surface area contributed by atoms with E-state index in [2.05, 4.69) is 24.7 Å². The van der Waals surface area contributed by atoms with Gasteiger partial charge < -0.3 is 5.73 Å². The first kappa shape index (κ1) is 11.6. The van der Waals surface area contributed by atoms with Crippen LogP contribution in [0.2, 0.25) is 0 Å². The second kappa shape index (κ2) is 5.38. The molecule has 0 aromatic heterocycles. The number of hydrogen-bond donors (Lipinski definition) is 1. The minimum absolute atomic E-state index is 0.451. The van der Waals surface area contributed by atoms with Gasteiger partial charge in [0, 0.05) is 19.1 Å². The lowest BCUT2D eigenvalue weighted by Gasteiger charge is -2.32. The smallest absolute Gasteiger partial charge is 0.0601 e. The Balaban J connectivity index is 2.48. The fraction of sp³-hybridized carbons (Fsp3) is 0.833. The molecule has 1 aliphatic rings. The molecule has 2 N–H and O–H groups in total. The molecule has 0 saturated heterocycles. The zero-order valence-corrected chi connectivity index (χ0v) is 9.37. The molecule has 2 nitrogen and oxygen atoms in total. The molecule has 0 aromatic carbocycles. The molecule has 0 spiro atoms. The number of terminal acetylenes is 1. The highest BCUT2D eigenvalue weighted by Gasteiger charge is 2.28. The Morgan fingerprint density at radius 3 is 2.50 bits per heavy atom. The first-order chi connectivity index (χ1) is 6.69. The van der Waals surface area contributed by atoms with Gasteiger partial charge in [0.15, 0.2) is 0 Å². The van der Waals surface area contributed by atoms with E-state index in [1.165, 1.54) is 12.8 Å². The highest BCUT2D eigenvalue weighted by atomic mass is 15.2. The quantitative estimate of drug-likeness (QED) is 0.646. The van der Waals surface area contributed by atoms with Crippen molar-refractivity contribution in [2.45, 2.75) is 32.7 Å². The van der Waals surface area contributed by atoms with Gasteiger partial charge in [-0.3, -0.25) is 4.90 Å². The maximum Gasteiger partial charge on any atom is 0.0601 e. The normalized spacial score (nSPS) is 18.6. The fourth-order valence-electron chi connectivity index (χ4n) is 1.91. The van der Waals surface area contributed by atoms with Gasteiger partial charge in [-0.15, -0.1) is 6.42 Å². The molecule has 0 radical (unpaired) electrons. The van der Waals surface area contributed by atoms with E-state index in [0.717, 1.165) is 19.0 Å². The Bertz CT molecular complexity index is 201. The van der Waals surface area contributed by atoms with Crippen LogP contribution in [0.1, 0.15) is 26.7 Å². The van der Waals surface area contributed by atoms with Gasteiger partial charge in [-0.2, -0.15) is 0 Å². The molecule has 1 saturated carbocycles. The van der Waals surface area contributed by atoms with Gasteiger partial charge in [-0.05, 0) is 24.7 Å². The van der Waals surface area contributed by atoms with E-state index < -0.39 is 0 Å². The molecular formula is C12H22N2. The third-order valence-corrected chi connectivity index (χ3v) is 2.96. The third-order valence-electron chi connectivity index (χ3n) is 2.96. The molecule has 0 amide bonds. The van der Waals surface area contributed by atoms with Crippen LogP contribution in [0.15, 0.2) is 0 Å². The maximum atomic E-state index is 5.79. The minimum atomic E-state index is 0.451. The summed E-state index contributed by atoms with van der Waals surface area (Å²) >= 11 is 0. The van der Waals surface area contributed by atoms with Crippen LogP contribution in [0.4, 0.5) is 0 Å². The van der Waals surface area contributed by atoms with E-state index >= 15 is 0 Å². The zero-order valence-electron chi connectivity index (χ0n) is 9.37. The molecule has 1 atom stereocenters. The van der Waals surface area contributed by atoms with Crippen LogP contribution in [0, 0.1) is 24.2 Å². The van der Waals surface area contributed by atoms with E-state index in [1.807, 2.05) is 0 Å². The molecule has 0 bridgehead atoms. The van der Waals surface area contributed by atoms with Gasteiger partial charge in [-0.25, -0.2) is 0 Å². The molecule has 0 aliphatic heterocycles. The minimum Gasteiger partial charge on any atom is -0.329 e. The van der Waals surface area contributed by atoms with Crippen molar-refractivity contribution < 1.29 is 0 Å². The predicted molar refractivity (Wildman–Crippen MR) is 60.8 cm³/mol. The SMILES string of the molecule is C#CCN(CC1CC1)C(CN)C(C)C. The molecule has 2 heteroatoms. The molecule has 1 rings (SSSR count). The predicted octanol–water partition coefficient (Wildman–Crippen LogP) is 1.31. The first-order valence-electron chi connectivity index (χ1n) is 5.56. The van der Waals surface area contributed by atoms with Gasteiger partial charge in [-0.1, -0.05) is 19.8 Å². The lowest BCUT2D eigenvalue weighted by atomic mass is 10.0. The molecule has 0 heterocycles. The van der Waals surface area contributed by atoms with Crippen LogP contribution in [0.3, 0.4) is 0 Å². The van der Waals surface area contributed by atoms with E-state index in [1.54, 1.807) is 0 Å². The van der Waals surface area contributed by atoms with Crippen molar-refractivity contribution in [1.29, 1.82) is 0 Å². The number of nitrogens with two attached hydrogens (primary N) is 1. The van der Waals surface area contributed by atoms with Crippen LogP contribution in [-0.2, 0) is 0 Å². The van der Waals surface area contributed by atoms with Crippen LogP contribution < -0.4 is 5.73 Å². The molecule has 1 unspecified atom stereocenters. The standard InChI is InChI=1S/C12H22N2/c1-4-7-14(9-11-5-6-11)12(8-13)10(2)3/h1,10-12H,5-9,13H2,2-3H3. The Labute approximate surface area is 87.8 Å². The van der Waals surface area contributed by atoms with Crippen LogP contribution >= 0.6 is 0 Å². The van der Waals surface area contributed by atoms with Gasteiger partial charge in [0.2, 0.25) is 0 Å². The Hall–Kier alpha value is -0.520. The zero-order chi connectivity index (χ0) is 10.6. The van der Waals surface area contributed by atoms with Crippen molar-refractivity contribution in [1.82, 2.24) is 4.90 Å². The second-order valence-electron chi connectivity index (χ2n) is 4.62. The Morgan fingerprint density at radius 2 is 2.14 bits per heavy atom. The van der Waals surface area contributed by atoms with E-state index in [9.17, 15) is 0 Å². The van der Waals surface area contributed by atoms with E-state index in [0.29, 0.717) is 18.5 Å². The third kappa shape index (κ3) is 3.32. The largest absolute Gasteiger partial charge is 0.329 e. The summed E-state index contributed by atoms with van der Waals surface area (Å²) < 4.78 is 0. The highest BCUT2D eigenvalue weighted by molar-refractivity contribution is 4.93. The van der Waals surface area contributed by atoms with E-state index in [-0.39, 0.29) is 0 Å². The average molecular weight is 194 g/mol. The lowest BCUT2D eigenvalue weighted by molar-refractivity contribution is 0.173. The van der Waals surface area contributed by atoms with Crippen LogP contribution in [-0.4, -0.2) is 30.6 Å². The fourth-order valence-corrected chi connectivity index (χ4v) is 1.91. The Kier molecular flexibility index (Phi) is 4.44. The summed E-state index contributed by atoms with van der Waals surface area (Å²) in [6.45, 7) is 7.04. The monoisotopic (exact) mass is 194 g/mol. The number of rotatable bonds is 6. The number of hydrogen-bond acceptors (Lipinski definition) is 2. The van der Waals surface area contributed by atoms with Gasteiger partial charge in [0.1, 0.15) is 0 Å². The molecule has 14 heavy (non-hydrogen) atoms. The molecule has 80 valence electrons. The van der Waals surface area contributed by atoms with Gasteiger partial charge in [0.05, 0.1) is 6.54 Å². The topological polar surface area (TPSA) is 29.3 Å².